The highest BCUT2D eigenvalue weighted by atomic mass is 32.2. The molecule has 3 aromatic rings. The highest BCUT2D eigenvalue weighted by Gasteiger charge is 2.17. The molecule has 7 heteroatoms. The summed E-state index contributed by atoms with van der Waals surface area (Å²) in [7, 11) is -2.25. The predicted molar refractivity (Wildman–Crippen MR) is 92.1 cm³/mol. The van der Waals surface area contributed by atoms with E-state index < -0.39 is 10.0 Å². The van der Waals surface area contributed by atoms with Crippen molar-refractivity contribution in [3.8, 4) is 5.88 Å². The molecule has 0 fully saturated rings. The first-order chi connectivity index (χ1) is 11.4. The van der Waals surface area contributed by atoms with Crippen LogP contribution in [0.2, 0.25) is 0 Å². The fourth-order valence-electron chi connectivity index (χ4n) is 2.50. The van der Waals surface area contributed by atoms with Crippen LogP contribution in [-0.2, 0) is 23.5 Å². The van der Waals surface area contributed by atoms with E-state index in [4.69, 9.17) is 0 Å². The number of rotatable bonds is 4. The zero-order chi connectivity index (χ0) is 17.3. The quantitative estimate of drug-likeness (QED) is 0.729. The molecule has 0 aliphatic heterocycles. The van der Waals surface area contributed by atoms with Gasteiger partial charge in [0.2, 0.25) is 5.88 Å². The van der Waals surface area contributed by atoms with Crippen LogP contribution in [0.25, 0.3) is 10.9 Å². The zero-order valence-electron chi connectivity index (χ0n) is 13.3. The van der Waals surface area contributed by atoms with Crippen LogP contribution in [0.5, 0.6) is 5.88 Å². The standard InChI is InChI=1S/C17H17N3O3S/c1-3-12-8-10-13(11-9-12)24(22,23)19-18-16-14-6-4-5-7-15(14)20(2)17(16)21/h4-11,21H,3H2,1-2H3. The maximum absolute atomic E-state index is 12.3. The van der Waals surface area contributed by atoms with Crippen LogP contribution in [0.1, 0.15) is 12.5 Å². The predicted octanol–water partition coefficient (Wildman–Crippen LogP) is 3.92. The van der Waals surface area contributed by atoms with E-state index in [-0.39, 0.29) is 16.5 Å². The van der Waals surface area contributed by atoms with Crippen LogP contribution in [0.4, 0.5) is 5.69 Å². The number of aromatic nitrogens is 1. The van der Waals surface area contributed by atoms with Gasteiger partial charge in [-0.2, -0.15) is 8.42 Å². The molecule has 3 rings (SSSR count). The molecule has 2 aromatic carbocycles. The molecule has 0 aliphatic carbocycles. The molecule has 0 unspecified atom stereocenters. The zero-order valence-corrected chi connectivity index (χ0v) is 14.2. The molecule has 24 heavy (non-hydrogen) atoms. The third kappa shape index (κ3) is 2.78. The highest BCUT2D eigenvalue weighted by molar-refractivity contribution is 7.90. The van der Waals surface area contributed by atoms with Crippen molar-refractivity contribution in [3.63, 3.8) is 0 Å². The Morgan fingerprint density at radius 3 is 2.42 bits per heavy atom. The lowest BCUT2D eigenvalue weighted by Crippen LogP contribution is -1.95. The fraction of sp³-hybridized carbons (Fsp3) is 0.176. The van der Waals surface area contributed by atoms with E-state index in [0.717, 1.165) is 17.5 Å². The summed E-state index contributed by atoms with van der Waals surface area (Å²) >= 11 is 0. The van der Waals surface area contributed by atoms with Crippen molar-refractivity contribution < 1.29 is 13.5 Å². The molecule has 0 bridgehead atoms. The molecule has 6 nitrogen and oxygen atoms in total. The van der Waals surface area contributed by atoms with Crippen LogP contribution in [-0.4, -0.2) is 18.1 Å². The lowest BCUT2D eigenvalue weighted by molar-refractivity contribution is 0.436. The molecule has 0 atom stereocenters. The van der Waals surface area contributed by atoms with Crippen molar-refractivity contribution in [2.45, 2.75) is 18.2 Å². The third-order valence-electron chi connectivity index (χ3n) is 3.93. The Bertz CT molecular complexity index is 1020. The number of aromatic hydroxyl groups is 1. The SMILES string of the molecule is CCc1ccc(S(=O)(=O)N=Nc2c(O)n(C)c3ccccc23)cc1. The molecule has 1 aromatic heterocycles. The largest absolute Gasteiger partial charge is 0.493 e. The Labute approximate surface area is 140 Å². The van der Waals surface area contributed by atoms with Crippen LogP contribution in [0.15, 0.2) is 63.1 Å². The van der Waals surface area contributed by atoms with Gasteiger partial charge in [-0.15, -0.1) is 5.11 Å². The number of aryl methyl sites for hydroxylation is 2. The van der Waals surface area contributed by atoms with Gasteiger partial charge >= 0.3 is 0 Å². The third-order valence-corrected chi connectivity index (χ3v) is 5.09. The van der Waals surface area contributed by atoms with E-state index in [1.54, 1.807) is 31.3 Å². The Morgan fingerprint density at radius 2 is 1.75 bits per heavy atom. The lowest BCUT2D eigenvalue weighted by Gasteiger charge is -2.00. The number of benzene rings is 2. The minimum absolute atomic E-state index is 0.0724. The van der Waals surface area contributed by atoms with E-state index >= 15 is 0 Å². The highest BCUT2D eigenvalue weighted by Crippen LogP contribution is 2.38. The minimum Gasteiger partial charge on any atom is -0.493 e. The molecule has 0 saturated heterocycles. The molecular weight excluding hydrogens is 326 g/mol. The molecule has 0 spiro atoms. The Kier molecular flexibility index (Phi) is 4.11. The maximum Gasteiger partial charge on any atom is 0.299 e. The number of nitrogens with zero attached hydrogens (tertiary/aromatic N) is 3. The summed E-state index contributed by atoms with van der Waals surface area (Å²) in [6.07, 6.45) is 0.825. The summed E-state index contributed by atoms with van der Waals surface area (Å²) in [6.45, 7) is 1.99. The number of para-hydroxylation sites is 1. The van der Waals surface area contributed by atoms with Gasteiger partial charge in [0, 0.05) is 12.4 Å². The van der Waals surface area contributed by atoms with Gasteiger partial charge in [-0.05, 0) is 30.2 Å². The lowest BCUT2D eigenvalue weighted by atomic mass is 10.2. The Morgan fingerprint density at radius 1 is 1.08 bits per heavy atom. The smallest absolute Gasteiger partial charge is 0.299 e. The molecule has 0 saturated carbocycles. The number of fused-ring (bicyclic) bond motifs is 1. The fourth-order valence-corrected chi connectivity index (χ4v) is 3.26. The van der Waals surface area contributed by atoms with E-state index in [0.29, 0.717) is 5.39 Å². The van der Waals surface area contributed by atoms with Crippen LogP contribution >= 0.6 is 0 Å². The number of sulfonamides is 1. The normalized spacial score (nSPS) is 12.2. The molecule has 0 amide bonds. The summed E-state index contributed by atoms with van der Waals surface area (Å²) in [5, 5.41) is 14.6. The first kappa shape index (κ1) is 16.2. The van der Waals surface area contributed by atoms with Gasteiger partial charge in [-0.1, -0.05) is 41.8 Å². The minimum atomic E-state index is -3.92. The molecule has 1 N–H and O–H groups in total. The van der Waals surface area contributed by atoms with Crippen molar-refractivity contribution >= 4 is 26.6 Å². The molecular formula is C17H17N3O3S. The van der Waals surface area contributed by atoms with E-state index in [1.807, 2.05) is 19.1 Å². The Balaban J connectivity index is 2.02. The molecule has 1 heterocycles. The second kappa shape index (κ2) is 6.09. The van der Waals surface area contributed by atoms with Gasteiger partial charge < -0.3 is 9.67 Å². The monoisotopic (exact) mass is 343 g/mol. The van der Waals surface area contributed by atoms with E-state index in [1.165, 1.54) is 16.7 Å². The van der Waals surface area contributed by atoms with Crippen molar-refractivity contribution in [1.82, 2.24) is 4.57 Å². The number of hydrogen-bond donors (Lipinski definition) is 1. The van der Waals surface area contributed by atoms with Gasteiger partial charge in [-0.3, -0.25) is 0 Å². The van der Waals surface area contributed by atoms with Gasteiger partial charge in [0.1, 0.15) is 0 Å². The Hall–Kier alpha value is -2.67. The summed E-state index contributed by atoms with van der Waals surface area (Å²) in [5.74, 6) is -0.128. The van der Waals surface area contributed by atoms with E-state index in [9.17, 15) is 13.5 Å². The van der Waals surface area contributed by atoms with Crippen molar-refractivity contribution in [2.24, 2.45) is 16.7 Å². The second-order valence-electron chi connectivity index (χ2n) is 5.40. The molecule has 0 aliphatic rings. The first-order valence-electron chi connectivity index (χ1n) is 7.47. The topological polar surface area (TPSA) is 84.0 Å². The average Bonchev–Trinajstić information content (AvgIpc) is 2.84. The first-order valence-corrected chi connectivity index (χ1v) is 8.91. The van der Waals surface area contributed by atoms with Crippen molar-refractivity contribution in [2.75, 3.05) is 0 Å². The number of hydrogen-bond acceptors (Lipinski definition) is 4. The average molecular weight is 343 g/mol. The summed E-state index contributed by atoms with van der Waals surface area (Å²) < 4.78 is 29.7. The van der Waals surface area contributed by atoms with Gasteiger partial charge in [-0.25, -0.2) is 0 Å². The van der Waals surface area contributed by atoms with Crippen LogP contribution in [0, 0.1) is 0 Å². The van der Waals surface area contributed by atoms with E-state index in [2.05, 4.69) is 9.63 Å². The molecule has 124 valence electrons. The van der Waals surface area contributed by atoms with Gasteiger partial charge in [0.25, 0.3) is 10.0 Å². The summed E-state index contributed by atoms with van der Waals surface area (Å²) in [6, 6.07) is 13.7. The van der Waals surface area contributed by atoms with Crippen molar-refractivity contribution in [3.05, 3.63) is 54.1 Å². The summed E-state index contributed by atoms with van der Waals surface area (Å²) in [5.41, 5.74) is 1.92. The second-order valence-corrected chi connectivity index (χ2v) is 6.99. The van der Waals surface area contributed by atoms with Gasteiger partial charge in [0.05, 0.1) is 10.4 Å². The van der Waals surface area contributed by atoms with Gasteiger partial charge in [0.15, 0.2) is 5.69 Å². The van der Waals surface area contributed by atoms with Crippen LogP contribution < -0.4 is 0 Å². The van der Waals surface area contributed by atoms with Crippen LogP contribution in [0.3, 0.4) is 0 Å². The summed E-state index contributed by atoms with van der Waals surface area (Å²) in [4.78, 5) is 0.0724. The maximum atomic E-state index is 12.3. The van der Waals surface area contributed by atoms with Crippen molar-refractivity contribution in [1.29, 1.82) is 0 Å². The molecule has 0 radical (unpaired) electrons.